The molecule has 1 saturated heterocycles. The molecule has 0 saturated carbocycles. The lowest BCUT2D eigenvalue weighted by Gasteiger charge is -2.24. The van der Waals surface area contributed by atoms with Crippen LogP contribution in [0.4, 0.5) is 10.1 Å². The van der Waals surface area contributed by atoms with Gasteiger partial charge in [-0.15, -0.1) is 0 Å². The van der Waals surface area contributed by atoms with Gasteiger partial charge in [0.1, 0.15) is 11.9 Å². The van der Waals surface area contributed by atoms with Crippen LogP contribution in [0.5, 0.6) is 0 Å². The fourth-order valence-corrected chi connectivity index (χ4v) is 4.79. The molecule has 3 rings (SSSR count). The first-order valence-corrected chi connectivity index (χ1v) is 9.89. The minimum absolute atomic E-state index is 0.00895. The van der Waals surface area contributed by atoms with Gasteiger partial charge in [0, 0.05) is 12.2 Å². The molecule has 0 aliphatic carbocycles. The third-order valence-corrected chi connectivity index (χ3v) is 6.71. The normalized spacial score (nSPS) is 18.0. The molecule has 1 aliphatic heterocycles. The van der Waals surface area contributed by atoms with Crippen LogP contribution in [0.3, 0.4) is 0 Å². The van der Waals surface area contributed by atoms with Crippen LogP contribution in [-0.4, -0.2) is 31.2 Å². The Morgan fingerprint density at radius 3 is 2.54 bits per heavy atom. The number of nitrogens with zero attached hydrogens (tertiary/aromatic N) is 1. The second kappa shape index (κ2) is 7.17. The van der Waals surface area contributed by atoms with E-state index >= 15 is 0 Å². The van der Waals surface area contributed by atoms with Crippen LogP contribution in [0.1, 0.15) is 24.0 Å². The van der Waals surface area contributed by atoms with Crippen molar-refractivity contribution in [3.8, 4) is 0 Å². The van der Waals surface area contributed by atoms with Gasteiger partial charge in [0.2, 0.25) is 15.9 Å². The molecule has 2 aromatic carbocycles. The van der Waals surface area contributed by atoms with Crippen molar-refractivity contribution in [3.05, 3.63) is 59.4 Å². The van der Waals surface area contributed by atoms with Crippen molar-refractivity contribution in [2.24, 2.45) is 0 Å². The number of anilines is 1. The summed E-state index contributed by atoms with van der Waals surface area (Å²) < 4.78 is 40.0. The number of hydrogen-bond acceptors (Lipinski definition) is 3. The Bertz CT molecular complexity index is 926. The smallest absolute Gasteiger partial charge is 0.243 e. The second-order valence-electron chi connectivity index (χ2n) is 6.46. The van der Waals surface area contributed by atoms with Crippen LogP contribution in [0.15, 0.2) is 47.4 Å². The summed E-state index contributed by atoms with van der Waals surface area (Å²) in [4.78, 5) is 12.7. The molecular weight excluding hydrogens is 355 g/mol. The lowest BCUT2D eigenvalue weighted by atomic mass is 10.1. The molecule has 7 heteroatoms. The monoisotopic (exact) mass is 376 g/mol. The Morgan fingerprint density at radius 2 is 1.85 bits per heavy atom. The number of sulfonamides is 1. The summed E-state index contributed by atoms with van der Waals surface area (Å²) in [5, 5.41) is 2.85. The highest BCUT2D eigenvalue weighted by Gasteiger charge is 2.39. The summed E-state index contributed by atoms with van der Waals surface area (Å²) in [5.74, 6) is -0.850. The molecular formula is C19H21FN2O3S. The SMILES string of the molecule is Cc1cccc(NC(=O)[C@H]2CCCN2S(=O)(=O)c2ccc(F)cc2)c1C. The van der Waals surface area contributed by atoms with Crippen LogP contribution < -0.4 is 5.32 Å². The van der Waals surface area contributed by atoms with E-state index in [1.165, 1.54) is 16.4 Å². The van der Waals surface area contributed by atoms with Crippen LogP contribution in [-0.2, 0) is 14.8 Å². The van der Waals surface area contributed by atoms with E-state index in [0.29, 0.717) is 18.5 Å². The lowest BCUT2D eigenvalue weighted by molar-refractivity contribution is -0.119. The number of halogens is 1. The van der Waals surface area contributed by atoms with E-state index in [4.69, 9.17) is 0 Å². The molecule has 1 heterocycles. The van der Waals surface area contributed by atoms with Gasteiger partial charge in [0.05, 0.1) is 4.90 Å². The quantitative estimate of drug-likeness (QED) is 0.891. The highest BCUT2D eigenvalue weighted by atomic mass is 32.2. The van der Waals surface area contributed by atoms with E-state index in [1.54, 1.807) is 6.07 Å². The maximum atomic E-state index is 13.1. The Morgan fingerprint density at radius 1 is 1.15 bits per heavy atom. The summed E-state index contributed by atoms with van der Waals surface area (Å²) >= 11 is 0. The third-order valence-electron chi connectivity index (χ3n) is 4.79. The molecule has 1 fully saturated rings. The maximum absolute atomic E-state index is 13.1. The fourth-order valence-electron chi connectivity index (χ4n) is 3.13. The van der Waals surface area contributed by atoms with Crippen molar-refractivity contribution in [3.63, 3.8) is 0 Å². The van der Waals surface area contributed by atoms with Crippen molar-refractivity contribution in [2.45, 2.75) is 37.6 Å². The zero-order valence-corrected chi connectivity index (χ0v) is 15.5. The van der Waals surface area contributed by atoms with E-state index in [1.807, 2.05) is 26.0 Å². The number of nitrogens with one attached hydrogen (secondary N) is 1. The van der Waals surface area contributed by atoms with Gasteiger partial charge in [0.25, 0.3) is 0 Å². The number of hydrogen-bond donors (Lipinski definition) is 1. The number of carbonyl (C=O) groups excluding carboxylic acids is 1. The van der Waals surface area contributed by atoms with Gasteiger partial charge >= 0.3 is 0 Å². The molecule has 138 valence electrons. The van der Waals surface area contributed by atoms with Crippen molar-refractivity contribution in [1.82, 2.24) is 4.31 Å². The molecule has 0 aromatic heterocycles. The van der Waals surface area contributed by atoms with Gasteiger partial charge in [-0.05, 0) is 68.1 Å². The third kappa shape index (κ3) is 3.50. The zero-order valence-electron chi connectivity index (χ0n) is 14.7. The Labute approximate surface area is 152 Å². The summed E-state index contributed by atoms with van der Waals surface area (Å²) in [5.41, 5.74) is 2.68. The average molecular weight is 376 g/mol. The van der Waals surface area contributed by atoms with E-state index in [0.717, 1.165) is 23.3 Å². The Balaban J connectivity index is 1.84. The first kappa shape index (κ1) is 18.5. The average Bonchev–Trinajstić information content (AvgIpc) is 3.10. The molecule has 0 unspecified atom stereocenters. The van der Waals surface area contributed by atoms with Gasteiger partial charge < -0.3 is 5.32 Å². The number of aryl methyl sites for hydroxylation is 1. The fraction of sp³-hybridized carbons (Fsp3) is 0.316. The minimum Gasteiger partial charge on any atom is -0.324 e. The second-order valence-corrected chi connectivity index (χ2v) is 8.35. The van der Waals surface area contributed by atoms with Gasteiger partial charge in [-0.3, -0.25) is 4.79 Å². The lowest BCUT2D eigenvalue weighted by Crippen LogP contribution is -2.43. The van der Waals surface area contributed by atoms with E-state index < -0.39 is 21.9 Å². The van der Waals surface area contributed by atoms with E-state index in [2.05, 4.69) is 5.32 Å². The molecule has 1 aliphatic rings. The van der Waals surface area contributed by atoms with Crippen molar-refractivity contribution in [1.29, 1.82) is 0 Å². The first-order chi connectivity index (χ1) is 12.3. The molecule has 2 aromatic rings. The van der Waals surface area contributed by atoms with Gasteiger partial charge in [0.15, 0.2) is 0 Å². The predicted molar refractivity (Wildman–Crippen MR) is 97.9 cm³/mol. The highest BCUT2D eigenvalue weighted by molar-refractivity contribution is 7.89. The molecule has 0 spiro atoms. The van der Waals surface area contributed by atoms with Crippen LogP contribution >= 0.6 is 0 Å². The summed E-state index contributed by atoms with van der Waals surface area (Å²) in [6.45, 7) is 4.13. The number of rotatable bonds is 4. The topological polar surface area (TPSA) is 66.5 Å². The maximum Gasteiger partial charge on any atom is 0.243 e. The van der Waals surface area contributed by atoms with Crippen molar-refractivity contribution >= 4 is 21.6 Å². The standard InChI is InChI=1S/C19H21FN2O3S/c1-13-5-3-6-17(14(13)2)21-19(23)18-7-4-12-22(18)26(24,25)16-10-8-15(20)9-11-16/h3,5-6,8-11,18H,4,7,12H2,1-2H3,(H,21,23)/t18-/m1/s1. The highest BCUT2D eigenvalue weighted by Crippen LogP contribution is 2.28. The summed E-state index contributed by atoms with van der Waals surface area (Å²) in [6.07, 6.45) is 1.06. The molecule has 1 N–H and O–H groups in total. The molecule has 5 nitrogen and oxygen atoms in total. The first-order valence-electron chi connectivity index (χ1n) is 8.45. The van der Waals surface area contributed by atoms with E-state index in [-0.39, 0.29) is 17.3 Å². The molecule has 1 atom stereocenters. The van der Waals surface area contributed by atoms with Gasteiger partial charge in [-0.2, -0.15) is 4.31 Å². The van der Waals surface area contributed by atoms with E-state index in [9.17, 15) is 17.6 Å². The van der Waals surface area contributed by atoms with Crippen molar-refractivity contribution < 1.29 is 17.6 Å². The number of amides is 1. The Hall–Kier alpha value is -2.25. The largest absolute Gasteiger partial charge is 0.324 e. The Kier molecular flexibility index (Phi) is 5.11. The van der Waals surface area contributed by atoms with Crippen LogP contribution in [0.25, 0.3) is 0 Å². The minimum atomic E-state index is -3.85. The predicted octanol–water partition coefficient (Wildman–Crippen LogP) is 3.23. The molecule has 0 radical (unpaired) electrons. The summed E-state index contributed by atoms with van der Waals surface area (Å²) in [6, 6.07) is 9.48. The van der Waals surface area contributed by atoms with Crippen LogP contribution in [0.2, 0.25) is 0 Å². The number of benzene rings is 2. The number of carbonyl (C=O) groups is 1. The van der Waals surface area contributed by atoms with Crippen LogP contribution in [0, 0.1) is 19.7 Å². The van der Waals surface area contributed by atoms with Gasteiger partial charge in [-0.25, -0.2) is 12.8 Å². The summed E-state index contributed by atoms with van der Waals surface area (Å²) in [7, 11) is -3.85. The van der Waals surface area contributed by atoms with Gasteiger partial charge in [-0.1, -0.05) is 12.1 Å². The molecule has 0 bridgehead atoms. The molecule has 1 amide bonds. The molecule has 26 heavy (non-hydrogen) atoms. The zero-order chi connectivity index (χ0) is 18.9. The van der Waals surface area contributed by atoms with Crippen molar-refractivity contribution in [2.75, 3.05) is 11.9 Å².